The molecule has 3 nitrogen and oxygen atoms in total. The summed E-state index contributed by atoms with van der Waals surface area (Å²) in [6.07, 6.45) is 5.22. The fourth-order valence-corrected chi connectivity index (χ4v) is 2.69. The van der Waals surface area contributed by atoms with E-state index in [0.717, 1.165) is 13.2 Å². The van der Waals surface area contributed by atoms with Crippen LogP contribution < -0.4 is 5.32 Å². The van der Waals surface area contributed by atoms with E-state index in [-0.39, 0.29) is 0 Å². The molecule has 17 heavy (non-hydrogen) atoms. The third-order valence-corrected chi connectivity index (χ3v) is 4.07. The molecule has 1 N–H and O–H groups in total. The molecule has 1 saturated carbocycles. The van der Waals surface area contributed by atoms with Crippen molar-refractivity contribution in [1.82, 2.24) is 5.32 Å². The van der Waals surface area contributed by atoms with Gasteiger partial charge in [-0.2, -0.15) is 0 Å². The van der Waals surface area contributed by atoms with Crippen LogP contribution in [-0.2, 0) is 9.47 Å². The number of hydrogen-bond acceptors (Lipinski definition) is 3. The lowest BCUT2D eigenvalue weighted by molar-refractivity contribution is -0.253. The van der Waals surface area contributed by atoms with Crippen LogP contribution in [0.1, 0.15) is 53.4 Å². The molecule has 0 atom stereocenters. The molecule has 1 aliphatic heterocycles. The fourth-order valence-electron chi connectivity index (χ4n) is 2.69. The van der Waals surface area contributed by atoms with Gasteiger partial charge in [0.1, 0.15) is 0 Å². The summed E-state index contributed by atoms with van der Waals surface area (Å²) in [4.78, 5) is 0. The third kappa shape index (κ3) is 3.94. The van der Waals surface area contributed by atoms with Gasteiger partial charge in [-0.3, -0.25) is 0 Å². The minimum absolute atomic E-state index is 0.370. The van der Waals surface area contributed by atoms with Crippen LogP contribution in [-0.4, -0.2) is 31.1 Å². The zero-order chi connectivity index (χ0) is 12.5. The van der Waals surface area contributed by atoms with E-state index < -0.39 is 5.79 Å². The SMILES string of the molecule is CC1(C)CCC(NC2COC(C)(C)OC2)CC1. The van der Waals surface area contributed by atoms with Crippen molar-refractivity contribution < 1.29 is 9.47 Å². The Morgan fingerprint density at radius 3 is 1.94 bits per heavy atom. The van der Waals surface area contributed by atoms with Crippen LogP contribution in [0.5, 0.6) is 0 Å². The topological polar surface area (TPSA) is 30.5 Å². The van der Waals surface area contributed by atoms with Crippen LogP contribution in [0.15, 0.2) is 0 Å². The lowest BCUT2D eigenvalue weighted by Gasteiger charge is -2.40. The summed E-state index contributed by atoms with van der Waals surface area (Å²) in [7, 11) is 0. The zero-order valence-electron chi connectivity index (χ0n) is 11.7. The molecule has 2 rings (SSSR count). The smallest absolute Gasteiger partial charge is 0.162 e. The van der Waals surface area contributed by atoms with Crippen molar-refractivity contribution in [1.29, 1.82) is 0 Å². The van der Waals surface area contributed by atoms with Crippen LogP contribution in [0.2, 0.25) is 0 Å². The highest BCUT2D eigenvalue weighted by Gasteiger charge is 2.32. The molecule has 0 aromatic carbocycles. The number of nitrogens with one attached hydrogen (secondary N) is 1. The van der Waals surface area contributed by atoms with E-state index in [2.05, 4.69) is 19.2 Å². The van der Waals surface area contributed by atoms with Crippen LogP contribution >= 0.6 is 0 Å². The summed E-state index contributed by atoms with van der Waals surface area (Å²) in [5, 5.41) is 3.68. The molecule has 100 valence electrons. The minimum Gasteiger partial charge on any atom is -0.349 e. The average Bonchev–Trinajstić information content (AvgIpc) is 2.24. The monoisotopic (exact) mass is 241 g/mol. The Labute approximate surface area is 105 Å². The van der Waals surface area contributed by atoms with Gasteiger partial charge < -0.3 is 14.8 Å². The van der Waals surface area contributed by atoms with E-state index in [1.807, 2.05) is 13.8 Å². The highest BCUT2D eigenvalue weighted by molar-refractivity contribution is 4.85. The predicted molar refractivity (Wildman–Crippen MR) is 68.9 cm³/mol. The number of ether oxygens (including phenoxy) is 2. The van der Waals surface area contributed by atoms with Gasteiger partial charge in [-0.15, -0.1) is 0 Å². The maximum Gasteiger partial charge on any atom is 0.162 e. The van der Waals surface area contributed by atoms with Crippen LogP contribution in [0.3, 0.4) is 0 Å². The third-order valence-electron chi connectivity index (χ3n) is 4.07. The molecule has 0 spiro atoms. The summed E-state index contributed by atoms with van der Waals surface area (Å²) >= 11 is 0. The first kappa shape index (κ1) is 13.3. The standard InChI is InChI=1S/C14H27NO2/c1-13(2)7-5-11(6-8-13)15-12-9-16-14(3,4)17-10-12/h11-12,15H,5-10H2,1-4H3. The Kier molecular flexibility index (Phi) is 3.81. The van der Waals surface area contributed by atoms with Gasteiger partial charge in [-0.05, 0) is 44.9 Å². The normalized spacial score (nSPS) is 30.4. The molecule has 0 aromatic rings. The Morgan fingerprint density at radius 1 is 0.882 bits per heavy atom. The van der Waals surface area contributed by atoms with Crippen molar-refractivity contribution in [2.24, 2.45) is 5.41 Å². The Morgan fingerprint density at radius 2 is 1.41 bits per heavy atom. The Bertz CT molecular complexity index is 217. The molecule has 0 radical (unpaired) electrons. The summed E-state index contributed by atoms with van der Waals surface area (Å²) < 4.78 is 11.4. The van der Waals surface area contributed by atoms with E-state index in [4.69, 9.17) is 9.47 Å². The van der Waals surface area contributed by atoms with Crippen molar-refractivity contribution in [3.05, 3.63) is 0 Å². The Hall–Kier alpha value is -0.120. The first-order valence-electron chi connectivity index (χ1n) is 6.90. The van der Waals surface area contributed by atoms with Crippen molar-refractivity contribution >= 4 is 0 Å². The molecule has 1 saturated heterocycles. The second-order valence-corrected chi connectivity index (χ2v) is 6.82. The molecule has 0 aromatic heterocycles. The van der Waals surface area contributed by atoms with Crippen molar-refractivity contribution in [2.45, 2.75) is 71.2 Å². The second kappa shape index (κ2) is 4.87. The van der Waals surface area contributed by atoms with Crippen LogP contribution in [0.25, 0.3) is 0 Å². The maximum absolute atomic E-state index is 5.68. The van der Waals surface area contributed by atoms with Gasteiger partial charge in [0.2, 0.25) is 0 Å². The average molecular weight is 241 g/mol. The Balaban J connectivity index is 1.72. The van der Waals surface area contributed by atoms with Gasteiger partial charge >= 0.3 is 0 Å². The highest BCUT2D eigenvalue weighted by Crippen LogP contribution is 2.35. The molecule has 1 aliphatic carbocycles. The predicted octanol–water partition coefficient (Wildman–Crippen LogP) is 2.70. The van der Waals surface area contributed by atoms with Crippen molar-refractivity contribution in [3.63, 3.8) is 0 Å². The van der Waals surface area contributed by atoms with Gasteiger partial charge in [0.05, 0.1) is 19.3 Å². The van der Waals surface area contributed by atoms with E-state index >= 15 is 0 Å². The maximum atomic E-state index is 5.68. The van der Waals surface area contributed by atoms with E-state index in [9.17, 15) is 0 Å². The lowest BCUT2D eigenvalue weighted by atomic mass is 9.75. The quantitative estimate of drug-likeness (QED) is 0.806. The summed E-state index contributed by atoms with van der Waals surface area (Å²) in [5.74, 6) is -0.396. The van der Waals surface area contributed by atoms with E-state index in [0.29, 0.717) is 17.5 Å². The molecular formula is C14H27NO2. The molecule has 3 heteroatoms. The van der Waals surface area contributed by atoms with Crippen molar-refractivity contribution in [3.8, 4) is 0 Å². The van der Waals surface area contributed by atoms with Crippen molar-refractivity contribution in [2.75, 3.05) is 13.2 Å². The molecule has 2 fully saturated rings. The molecular weight excluding hydrogens is 214 g/mol. The molecule has 2 aliphatic rings. The minimum atomic E-state index is -0.396. The number of hydrogen-bond donors (Lipinski definition) is 1. The lowest BCUT2D eigenvalue weighted by Crippen LogP contribution is -2.52. The highest BCUT2D eigenvalue weighted by atomic mass is 16.7. The second-order valence-electron chi connectivity index (χ2n) is 6.82. The first-order chi connectivity index (χ1) is 7.86. The van der Waals surface area contributed by atoms with Gasteiger partial charge in [0.15, 0.2) is 5.79 Å². The summed E-state index contributed by atoms with van der Waals surface area (Å²) in [6, 6.07) is 1.02. The molecule has 0 unspecified atom stereocenters. The molecule has 0 bridgehead atoms. The summed E-state index contributed by atoms with van der Waals surface area (Å²) in [6.45, 7) is 10.2. The van der Waals surface area contributed by atoms with Gasteiger partial charge in [-0.1, -0.05) is 13.8 Å². The van der Waals surface area contributed by atoms with Crippen LogP contribution in [0.4, 0.5) is 0 Å². The summed E-state index contributed by atoms with van der Waals surface area (Å²) in [5.41, 5.74) is 0.541. The van der Waals surface area contributed by atoms with Gasteiger partial charge in [0.25, 0.3) is 0 Å². The zero-order valence-corrected chi connectivity index (χ0v) is 11.7. The van der Waals surface area contributed by atoms with E-state index in [1.165, 1.54) is 25.7 Å². The molecule has 1 heterocycles. The number of rotatable bonds is 2. The molecule has 0 amide bonds. The first-order valence-corrected chi connectivity index (χ1v) is 6.90. The van der Waals surface area contributed by atoms with Crippen LogP contribution in [0, 0.1) is 5.41 Å². The largest absolute Gasteiger partial charge is 0.349 e. The van der Waals surface area contributed by atoms with Gasteiger partial charge in [0, 0.05) is 6.04 Å². The van der Waals surface area contributed by atoms with Gasteiger partial charge in [-0.25, -0.2) is 0 Å². The fraction of sp³-hybridized carbons (Fsp3) is 1.00. The van der Waals surface area contributed by atoms with E-state index in [1.54, 1.807) is 0 Å².